The summed E-state index contributed by atoms with van der Waals surface area (Å²) in [6, 6.07) is 11.7. The third kappa shape index (κ3) is 6.71. The highest BCUT2D eigenvalue weighted by Gasteiger charge is 2.47. The third-order valence-electron chi connectivity index (χ3n) is 7.38. The Hall–Kier alpha value is -4.02. The van der Waals surface area contributed by atoms with Crippen molar-refractivity contribution in [1.29, 1.82) is 0 Å². The van der Waals surface area contributed by atoms with E-state index in [1.165, 1.54) is 6.07 Å². The maximum absolute atomic E-state index is 13.6. The van der Waals surface area contributed by atoms with Crippen molar-refractivity contribution in [2.45, 2.75) is 70.3 Å². The van der Waals surface area contributed by atoms with E-state index >= 15 is 0 Å². The maximum atomic E-state index is 13.6. The van der Waals surface area contributed by atoms with Crippen LogP contribution in [0.2, 0.25) is 0 Å². The number of hydrogen-bond acceptors (Lipinski definition) is 6. The molecule has 1 N–H and O–H groups in total. The Morgan fingerprint density at radius 1 is 1.07 bits per heavy atom. The number of ether oxygens (including phenoxy) is 3. The minimum Gasteiger partial charge on any atom is -0.491 e. The number of alkyl halides is 3. The number of nitrogens with zero attached hydrogens (tertiary/aromatic N) is 2. The zero-order chi connectivity index (χ0) is 30.3. The minimum atomic E-state index is -4.48. The summed E-state index contributed by atoms with van der Waals surface area (Å²) in [6.45, 7) is 6.71. The van der Waals surface area contributed by atoms with Gasteiger partial charge in [0.25, 0.3) is 5.91 Å². The fourth-order valence-corrected chi connectivity index (χ4v) is 4.98. The number of carbonyl (C=O) groups is 2. The Labute approximate surface area is 242 Å². The lowest BCUT2D eigenvalue weighted by Crippen LogP contribution is -2.55. The number of carbonyl (C=O) groups excluding carboxylic acids is 2. The standard InChI is InChI=1S/C31H34F3N3O5/c1-19-7-8-21(40-17-20-9-13-37(20)28(39)42-29(2,3)4)14-24(19)27(38)36-30(10-11-30)25-15-22(41-18-31(32,33)34)16-26-23(25)6-5-12-35-26/h5-8,12,14-16,20H,9-11,13,17-18H2,1-4H3,(H,36,38)/t20-/m0/s1. The SMILES string of the molecule is Cc1ccc(OC[C@@H]2CCN2C(=O)OC(C)(C)C)cc1C(=O)NC1(c2cc(OCC(F)(F)F)cc3ncccc23)CC1. The molecule has 8 nitrogen and oxygen atoms in total. The van der Waals surface area contributed by atoms with Gasteiger partial charge in [0.1, 0.15) is 23.7 Å². The predicted molar refractivity (Wildman–Crippen MR) is 150 cm³/mol. The van der Waals surface area contributed by atoms with Gasteiger partial charge in [0.05, 0.1) is 17.1 Å². The van der Waals surface area contributed by atoms with Crippen LogP contribution in [-0.2, 0) is 10.3 Å². The van der Waals surface area contributed by atoms with Crippen molar-refractivity contribution >= 4 is 22.9 Å². The molecule has 11 heteroatoms. The van der Waals surface area contributed by atoms with E-state index in [1.807, 2.05) is 33.8 Å². The summed E-state index contributed by atoms with van der Waals surface area (Å²) in [5.74, 6) is 0.203. The number of aryl methyl sites for hydroxylation is 1. The summed E-state index contributed by atoms with van der Waals surface area (Å²) < 4.78 is 55.0. The Kier molecular flexibility index (Phi) is 7.72. The first-order valence-corrected chi connectivity index (χ1v) is 13.9. The van der Waals surface area contributed by atoms with Crippen LogP contribution in [0, 0.1) is 6.92 Å². The van der Waals surface area contributed by atoms with Crippen LogP contribution < -0.4 is 14.8 Å². The Balaban J connectivity index is 1.31. The first-order chi connectivity index (χ1) is 19.7. The topological polar surface area (TPSA) is 90.0 Å². The van der Waals surface area contributed by atoms with E-state index in [-0.39, 0.29) is 30.4 Å². The molecule has 2 aromatic carbocycles. The van der Waals surface area contributed by atoms with Crippen LogP contribution >= 0.6 is 0 Å². The molecule has 3 aromatic rings. The van der Waals surface area contributed by atoms with Gasteiger partial charge in [0.2, 0.25) is 0 Å². The Bertz CT molecular complexity index is 1500. The second-order valence-electron chi connectivity index (χ2n) is 11.9. The molecule has 0 spiro atoms. The average molecular weight is 586 g/mol. The second kappa shape index (κ2) is 11.0. The van der Waals surface area contributed by atoms with Crippen LogP contribution in [-0.4, -0.2) is 59.5 Å². The first kappa shape index (κ1) is 29.5. The summed E-state index contributed by atoms with van der Waals surface area (Å²) in [5, 5.41) is 3.86. The molecule has 1 saturated carbocycles. The predicted octanol–water partition coefficient (Wildman–Crippen LogP) is 6.29. The number of likely N-dealkylation sites (tertiary alicyclic amines) is 1. The number of rotatable bonds is 8. The van der Waals surface area contributed by atoms with Crippen LogP contribution in [0.4, 0.5) is 18.0 Å². The summed E-state index contributed by atoms with van der Waals surface area (Å²) in [5.41, 5.74) is 0.952. The molecule has 2 aliphatic rings. The van der Waals surface area contributed by atoms with Crippen molar-refractivity contribution in [3.63, 3.8) is 0 Å². The molecular weight excluding hydrogens is 551 g/mol. The van der Waals surface area contributed by atoms with Crippen molar-refractivity contribution in [2.75, 3.05) is 19.8 Å². The van der Waals surface area contributed by atoms with Crippen molar-refractivity contribution < 1.29 is 37.0 Å². The number of benzene rings is 2. The third-order valence-corrected chi connectivity index (χ3v) is 7.38. The zero-order valence-corrected chi connectivity index (χ0v) is 24.0. The van der Waals surface area contributed by atoms with E-state index in [9.17, 15) is 22.8 Å². The monoisotopic (exact) mass is 585 g/mol. The molecule has 42 heavy (non-hydrogen) atoms. The molecule has 1 aliphatic carbocycles. The van der Waals surface area contributed by atoms with Crippen LogP contribution in [0.3, 0.4) is 0 Å². The number of hydrogen-bond donors (Lipinski definition) is 1. The van der Waals surface area contributed by atoms with Crippen LogP contribution in [0.1, 0.15) is 61.5 Å². The number of fused-ring (bicyclic) bond motifs is 1. The summed E-state index contributed by atoms with van der Waals surface area (Å²) in [6.07, 6.45) is -1.29. The molecule has 1 saturated heterocycles. The molecule has 2 fully saturated rings. The Morgan fingerprint density at radius 3 is 2.48 bits per heavy atom. The number of pyridine rings is 1. The molecule has 224 valence electrons. The number of aromatic nitrogens is 1. The Morgan fingerprint density at radius 2 is 1.83 bits per heavy atom. The van der Waals surface area contributed by atoms with Gasteiger partial charge in [-0.2, -0.15) is 13.2 Å². The fourth-order valence-electron chi connectivity index (χ4n) is 4.98. The minimum absolute atomic E-state index is 0.0389. The van der Waals surface area contributed by atoms with Gasteiger partial charge in [-0.3, -0.25) is 9.78 Å². The van der Waals surface area contributed by atoms with Crippen molar-refractivity contribution in [3.05, 3.63) is 65.4 Å². The molecule has 0 unspecified atom stereocenters. The average Bonchev–Trinajstić information content (AvgIpc) is 3.66. The maximum Gasteiger partial charge on any atom is 0.422 e. The van der Waals surface area contributed by atoms with E-state index in [1.54, 1.807) is 41.4 Å². The second-order valence-corrected chi connectivity index (χ2v) is 11.9. The van der Waals surface area contributed by atoms with Crippen LogP contribution in [0.25, 0.3) is 10.9 Å². The molecule has 1 atom stereocenters. The molecular formula is C31H34F3N3O5. The van der Waals surface area contributed by atoms with Crippen molar-refractivity contribution in [2.24, 2.45) is 0 Å². The first-order valence-electron chi connectivity index (χ1n) is 13.9. The lowest BCUT2D eigenvalue weighted by atomic mass is 9.97. The summed E-state index contributed by atoms with van der Waals surface area (Å²) in [4.78, 5) is 31.9. The lowest BCUT2D eigenvalue weighted by Gasteiger charge is -2.41. The highest BCUT2D eigenvalue weighted by atomic mass is 19.4. The van der Waals surface area contributed by atoms with Gasteiger partial charge in [0.15, 0.2) is 6.61 Å². The van der Waals surface area contributed by atoms with Gasteiger partial charge in [-0.05, 0) is 82.3 Å². The van der Waals surface area contributed by atoms with Gasteiger partial charge in [-0.15, -0.1) is 0 Å². The summed E-state index contributed by atoms with van der Waals surface area (Å²) in [7, 11) is 0. The van der Waals surface area contributed by atoms with Gasteiger partial charge < -0.3 is 24.4 Å². The van der Waals surface area contributed by atoms with Crippen LogP contribution in [0.5, 0.6) is 11.5 Å². The van der Waals surface area contributed by atoms with E-state index in [4.69, 9.17) is 14.2 Å². The molecule has 2 heterocycles. The van der Waals surface area contributed by atoms with Crippen LogP contribution in [0.15, 0.2) is 48.7 Å². The smallest absolute Gasteiger partial charge is 0.422 e. The van der Waals surface area contributed by atoms with E-state index < -0.39 is 23.9 Å². The lowest BCUT2D eigenvalue weighted by molar-refractivity contribution is -0.153. The van der Waals surface area contributed by atoms with Gasteiger partial charge in [0, 0.05) is 29.8 Å². The molecule has 5 rings (SSSR count). The highest BCUT2D eigenvalue weighted by Crippen LogP contribution is 2.49. The van der Waals surface area contributed by atoms with Gasteiger partial charge >= 0.3 is 12.3 Å². The zero-order valence-electron chi connectivity index (χ0n) is 24.0. The largest absolute Gasteiger partial charge is 0.491 e. The van der Waals surface area contributed by atoms with Gasteiger partial charge in [-0.1, -0.05) is 12.1 Å². The van der Waals surface area contributed by atoms with E-state index in [0.29, 0.717) is 41.8 Å². The number of amides is 2. The fraction of sp³-hybridized carbons (Fsp3) is 0.452. The van der Waals surface area contributed by atoms with Gasteiger partial charge in [-0.25, -0.2) is 4.79 Å². The molecule has 1 aromatic heterocycles. The quantitative estimate of drug-likeness (QED) is 0.334. The van der Waals surface area contributed by atoms with Crippen molar-refractivity contribution in [3.8, 4) is 11.5 Å². The van der Waals surface area contributed by atoms with E-state index in [2.05, 4.69) is 10.3 Å². The van der Waals surface area contributed by atoms with Crippen molar-refractivity contribution in [1.82, 2.24) is 15.2 Å². The molecule has 0 radical (unpaired) electrons. The molecule has 1 aliphatic heterocycles. The summed E-state index contributed by atoms with van der Waals surface area (Å²) >= 11 is 0. The number of halogens is 3. The normalized spacial score (nSPS) is 17.8. The molecule has 0 bridgehead atoms. The number of nitrogens with one attached hydrogen (secondary N) is 1. The molecule has 2 amide bonds. The van der Waals surface area contributed by atoms with E-state index in [0.717, 1.165) is 17.4 Å². The highest BCUT2D eigenvalue weighted by molar-refractivity contribution is 5.97.